The molecule has 0 spiro atoms. The van der Waals surface area contributed by atoms with Crippen LogP contribution in [0.4, 0.5) is 5.69 Å². The van der Waals surface area contributed by atoms with Gasteiger partial charge in [0.05, 0.1) is 19.1 Å². The zero-order valence-corrected chi connectivity index (χ0v) is 24.2. The number of nitrogens with one attached hydrogen (secondary N) is 1. The molecule has 0 aromatic heterocycles. The summed E-state index contributed by atoms with van der Waals surface area (Å²) in [5.41, 5.74) is 1.60. The number of hydrogen-bond donors (Lipinski definition) is 1. The third kappa shape index (κ3) is 9.23. The zero-order chi connectivity index (χ0) is 28.0. The molecule has 0 unspecified atom stereocenters. The number of carbonyl (C=O) groups excluding carboxylic acids is 2. The SMILES string of the molecule is COc1cccc(CN(C(=O)CCCN(c2cc(Cl)ccc2C)S(C)(=O)=O)[C@H](C)C(=O)NC(C)(C)C)c1. The van der Waals surface area contributed by atoms with Crippen molar-refractivity contribution in [1.82, 2.24) is 10.2 Å². The van der Waals surface area contributed by atoms with Crippen molar-refractivity contribution in [3.05, 3.63) is 58.6 Å². The second-order valence-electron chi connectivity index (χ2n) is 10.2. The molecular weight excluding hydrogens is 514 g/mol. The second-order valence-corrected chi connectivity index (χ2v) is 12.5. The third-order valence-electron chi connectivity index (χ3n) is 5.74. The lowest BCUT2D eigenvalue weighted by Gasteiger charge is -2.32. The highest BCUT2D eigenvalue weighted by atomic mass is 35.5. The van der Waals surface area contributed by atoms with Gasteiger partial charge in [-0.05, 0) is 76.4 Å². The van der Waals surface area contributed by atoms with Gasteiger partial charge in [-0.3, -0.25) is 13.9 Å². The number of hydrogen-bond acceptors (Lipinski definition) is 5. The Bertz CT molecular complexity index is 1210. The van der Waals surface area contributed by atoms with E-state index in [-0.39, 0.29) is 37.7 Å². The first-order valence-electron chi connectivity index (χ1n) is 12.1. The van der Waals surface area contributed by atoms with E-state index in [1.54, 1.807) is 39.2 Å². The van der Waals surface area contributed by atoms with Crippen molar-refractivity contribution < 1.29 is 22.7 Å². The number of amides is 2. The number of methoxy groups -OCH3 is 1. The van der Waals surface area contributed by atoms with E-state index in [0.29, 0.717) is 16.5 Å². The summed E-state index contributed by atoms with van der Waals surface area (Å²) in [5.74, 6) is 0.129. The van der Waals surface area contributed by atoms with Crippen LogP contribution in [0.5, 0.6) is 5.75 Å². The Labute approximate surface area is 226 Å². The highest BCUT2D eigenvalue weighted by Gasteiger charge is 2.29. The molecule has 0 fully saturated rings. The van der Waals surface area contributed by atoms with Crippen molar-refractivity contribution in [3.63, 3.8) is 0 Å². The average Bonchev–Trinajstić information content (AvgIpc) is 2.79. The van der Waals surface area contributed by atoms with Crippen molar-refractivity contribution in [3.8, 4) is 5.75 Å². The number of carbonyl (C=O) groups is 2. The molecule has 10 heteroatoms. The molecule has 0 saturated carbocycles. The minimum atomic E-state index is -3.61. The van der Waals surface area contributed by atoms with Crippen LogP contribution in [0.1, 0.15) is 51.7 Å². The second kappa shape index (κ2) is 12.6. The predicted molar refractivity (Wildman–Crippen MR) is 149 cm³/mol. The van der Waals surface area contributed by atoms with E-state index < -0.39 is 21.6 Å². The molecule has 1 N–H and O–H groups in total. The highest BCUT2D eigenvalue weighted by molar-refractivity contribution is 7.92. The standard InChI is InChI=1S/C27H38ClN3O5S/c1-19-13-14-22(28)17-24(19)31(37(7,34)35)15-9-12-25(32)30(20(2)26(33)29-27(3,4)5)18-21-10-8-11-23(16-21)36-6/h8,10-11,13-14,16-17,20H,9,12,15,18H2,1-7H3,(H,29,33)/t20-/m1/s1. The van der Waals surface area contributed by atoms with E-state index in [1.165, 1.54) is 9.21 Å². The smallest absolute Gasteiger partial charge is 0.242 e. The van der Waals surface area contributed by atoms with Gasteiger partial charge < -0.3 is 15.0 Å². The van der Waals surface area contributed by atoms with Crippen LogP contribution in [0.3, 0.4) is 0 Å². The molecule has 204 valence electrons. The molecule has 0 heterocycles. The van der Waals surface area contributed by atoms with E-state index >= 15 is 0 Å². The minimum Gasteiger partial charge on any atom is -0.497 e. The first-order chi connectivity index (χ1) is 17.1. The minimum absolute atomic E-state index is 0.0583. The highest BCUT2D eigenvalue weighted by Crippen LogP contribution is 2.27. The Morgan fingerprint density at radius 1 is 1.14 bits per heavy atom. The summed E-state index contributed by atoms with van der Waals surface area (Å²) in [6, 6.07) is 11.6. The summed E-state index contributed by atoms with van der Waals surface area (Å²) in [6.07, 6.45) is 1.45. The van der Waals surface area contributed by atoms with Gasteiger partial charge in [-0.15, -0.1) is 0 Å². The average molecular weight is 552 g/mol. The van der Waals surface area contributed by atoms with Gasteiger partial charge in [0.1, 0.15) is 11.8 Å². The number of nitrogens with zero attached hydrogens (tertiary/aromatic N) is 2. The summed E-state index contributed by atoms with van der Waals surface area (Å²) in [7, 11) is -2.04. The largest absolute Gasteiger partial charge is 0.497 e. The molecule has 0 aliphatic rings. The van der Waals surface area contributed by atoms with Gasteiger partial charge in [0.2, 0.25) is 21.8 Å². The quantitative estimate of drug-likeness (QED) is 0.442. The van der Waals surface area contributed by atoms with Crippen LogP contribution in [-0.4, -0.2) is 56.6 Å². The van der Waals surface area contributed by atoms with Gasteiger partial charge in [-0.1, -0.05) is 29.8 Å². The van der Waals surface area contributed by atoms with E-state index in [2.05, 4.69) is 5.32 Å². The molecule has 1 atom stereocenters. The van der Waals surface area contributed by atoms with Crippen LogP contribution >= 0.6 is 11.6 Å². The number of aryl methyl sites for hydroxylation is 1. The summed E-state index contributed by atoms with van der Waals surface area (Å²) in [5, 5.41) is 3.36. The lowest BCUT2D eigenvalue weighted by Crippen LogP contribution is -2.52. The fourth-order valence-electron chi connectivity index (χ4n) is 3.86. The first-order valence-corrected chi connectivity index (χ1v) is 14.3. The Kier molecular flexibility index (Phi) is 10.4. The predicted octanol–water partition coefficient (Wildman–Crippen LogP) is 4.54. The Balaban J connectivity index is 2.24. The molecular formula is C27H38ClN3O5S. The molecule has 8 nitrogen and oxygen atoms in total. The lowest BCUT2D eigenvalue weighted by molar-refractivity contribution is -0.141. The molecule has 0 aliphatic heterocycles. The topological polar surface area (TPSA) is 96.0 Å². The summed E-state index contributed by atoms with van der Waals surface area (Å²) in [4.78, 5) is 27.9. The number of benzene rings is 2. The molecule has 2 aromatic carbocycles. The Morgan fingerprint density at radius 2 is 1.81 bits per heavy atom. The maximum Gasteiger partial charge on any atom is 0.242 e. The van der Waals surface area contributed by atoms with E-state index in [4.69, 9.17) is 16.3 Å². The number of sulfonamides is 1. The maximum atomic E-state index is 13.4. The summed E-state index contributed by atoms with van der Waals surface area (Å²) in [6.45, 7) is 9.44. The number of ether oxygens (including phenoxy) is 1. The van der Waals surface area contributed by atoms with Crippen LogP contribution in [-0.2, 0) is 26.2 Å². The van der Waals surface area contributed by atoms with Crippen LogP contribution < -0.4 is 14.4 Å². The number of halogens is 1. The molecule has 2 rings (SSSR count). The lowest BCUT2D eigenvalue weighted by atomic mass is 10.1. The van der Waals surface area contributed by atoms with Gasteiger partial charge in [0.15, 0.2) is 0 Å². The van der Waals surface area contributed by atoms with E-state index in [0.717, 1.165) is 17.4 Å². The molecule has 0 bridgehead atoms. The van der Waals surface area contributed by atoms with Gasteiger partial charge in [0, 0.05) is 30.1 Å². The van der Waals surface area contributed by atoms with Crippen molar-refractivity contribution >= 4 is 39.1 Å². The Hall–Kier alpha value is -2.78. The van der Waals surface area contributed by atoms with Gasteiger partial charge in [-0.2, -0.15) is 0 Å². The zero-order valence-electron chi connectivity index (χ0n) is 22.7. The van der Waals surface area contributed by atoms with Crippen molar-refractivity contribution in [2.45, 2.75) is 65.6 Å². The molecule has 0 radical (unpaired) electrons. The fourth-order valence-corrected chi connectivity index (χ4v) is 5.04. The fraction of sp³-hybridized carbons (Fsp3) is 0.481. The third-order valence-corrected chi connectivity index (χ3v) is 7.16. The summed E-state index contributed by atoms with van der Waals surface area (Å²) < 4.78 is 31.7. The van der Waals surface area contributed by atoms with Gasteiger partial charge >= 0.3 is 0 Å². The molecule has 2 aromatic rings. The monoisotopic (exact) mass is 551 g/mol. The number of rotatable bonds is 11. The van der Waals surface area contributed by atoms with E-state index in [9.17, 15) is 18.0 Å². The van der Waals surface area contributed by atoms with Gasteiger partial charge in [-0.25, -0.2) is 8.42 Å². The van der Waals surface area contributed by atoms with E-state index in [1.807, 2.05) is 45.0 Å². The van der Waals surface area contributed by atoms with Crippen molar-refractivity contribution in [2.24, 2.45) is 0 Å². The first kappa shape index (κ1) is 30.4. The van der Waals surface area contributed by atoms with Crippen LogP contribution in [0, 0.1) is 6.92 Å². The van der Waals surface area contributed by atoms with Crippen molar-refractivity contribution in [1.29, 1.82) is 0 Å². The Morgan fingerprint density at radius 3 is 2.41 bits per heavy atom. The molecule has 0 saturated heterocycles. The van der Waals surface area contributed by atoms with Crippen molar-refractivity contribution in [2.75, 3.05) is 24.2 Å². The molecule has 2 amide bonds. The number of anilines is 1. The summed E-state index contributed by atoms with van der Waals surface area (Å²) >= 11 is 6.12. The van der Waals surface area contributed by atoms with Gasteiger partial charge in [0.25, 0.3) is 0 Å². The molecule has 0 aliphatic carbocycles. The van der Waals surface area contributed by atoms with Crippen LogP contribution in [0.15, 0.2) is 42.5 Å². The van der Waals surface area contributed by atoms with Crippen LogP contribution in [0.25, 0.3) is 0 Å². The molecule has 37 heavy (non-hydrogen) atoms. The van der Waals surface area contributed by atoms with Crippen LogP contribution in [0.2, 0.25) is 5.02 Å². The maximum absolute atomic E-state index is 13.4. The normalized spacial score (nSPS) is 12.5.